The van der Waals surface area contributed by atoms with Crippen LogP contribution >= 0.6 is 11.8 Å². The summed E-state index contributed by atoms with van der Waals surface area (Å²) in [6.45, 7) is 0. The summed E-state index contributed by atoms with van der Waals surface area (Å²) in [7, 11) is 0. The molecule has 1 aromatic heterocycles. The molecule has 2 N–H and O–H groups in total. The Labute approximate surface area is 154 Å². The van der Waals surface area contributed by atoms with E-state index >= 15 is 0 Å². The average molecular weight is 368 g/mol. The minimum Gasteiger partial charge on any atom is -0.352 e. The SMILES string of the molecule is O=C(NC1CC1)[C@@H](Sc1n[nH]c(-c2ccccc2F)n1)c1ccccc1. The van der Waals surface area contributed by atoms with Crippen molar-refractivity contribution in [2.45, 2.75) is 29.3 Å². The normalized spacial score (nSPS) is 14.8. The molecule has 1 aliphatic carbocycles. The zero-order valence-corrected chi connectivity index (χ0v) is 14.7. The molecular weight excluding hydrogens is 351 g/mol. The number of thioether (sulfide) groups is 1. The van der Waals surface area contributed by atoms with Crippen LogP contribution in [0, 0.1) is 5.82 Å². The van der Waals surface area contributed by atoms with Crippen LogP contribution in [-0.2, 0) is 4.79 Å². The van der Waals surface area contributed by atoms with Gasteiger partial charge in [0.15, 0.2) is 5.82 Å². The van der Waals surface area contributed by atoms with E-state index in [9.17, 15) is 9.18 Å². The highest BCUT2D eigenvalue weighted by molar-refractivity contribution is 8.00. The van der Waals surface area contributed by atoms with Gasteiger partial charge in [0, 0.05) is 6.04 Å². The molecule has 26 heavy (non-hydrogen) atoms. The second-order valence-corrected chi connectivity index (χ2v) is 7.21. The molecule has 1 amide bonds. The number of H-pyrrole nitrogens is 1. The maximum absolute atomic E-state index is 13.9. The largest absolute Gasteiger partial charge is 0.352 e. The minimum absolute atomic E-state index is 0.0547. The topological polar surface area (TPSA) is 70.7 Å². The number of benzene rings is 2. The van der Waals surface area contributed by atoms with E-state index in [1.165, 1.54) is 17.8 Å². The number of nitrogens with zero attached hydrogens (tertiary/aromatic N) is 2. The van der Waals surface area contributed by atoms with E-state index in [-0.39, 0.29) is 17.8 Å². The van der Waals surface area contributed by atoms with Gasteiger partial charge in [0.05, 0.1) is 5.56 Å². The Morgan fingerprint density at radius 2 is 1.88 bits per heavy atom. The van der Waals surface area contributed by atoms with E-state index in [2.05, 4.69) is 20.5 Å². The minimum atomic E-state index is -0.457. The first-order valence-corrected chi connectivity index (χ1v) is 9.28. The Hall–Kier alpha value is -2.67. The van der Waals surface area contributed by atoms with Crippen molar-refractivity contribution in [3.8, 4) is 11.4 Å². The van der Waals surface area contributed by atoms with Crippen LogP contribution in [0.4, 0.5) is 4.39 Å². The summed E-state index contributed by atoms with van der Waals surface area (Å²) in [5.74, 6) is -0.0766. The van der Waals surface area contributed by atoms with Gasteiger partial charge in [0.25, 0.3) is 0 Å². The number of hydrogen-bond acceptors (Lipinski definition) is 4. The highest BCUT2D eigenvalue weighted by Crippen LogP contribution is 2.35. The van der Waals surface area contributed by atoms with Gasteiger partial charge in [-0.2, -0.15) is 0 Å². The Morgan fingerprint density at radius 3 is 2.62 bits per heavy atom. The molecule has 0 aliphatic heterocycles. The van der Waals surface area contributed by atoms with Gasteiger partial charge < -0.3 is 5.32 Å². The van der Waals surface area contributed by atoms with Gasteiger partial charge in [-0.15, -0.1) is 5.10 Å². The summed E-state index contributed by atoms with van der Waals surface area (Å²) in [5.41, 5.74) is 1.23. The molecule has 2 aromatic carbocycles. The number of nitrogens with one attached hydrogen (secondary N) is 2. The fraction of sp³-hybridized carbons (Fsp3) is 0.211. The number of halogens is 1. The van der Waals surface area contributed by atoms with Crippen LogP contribution in [0.2, 0.25) is 0 Å². The van der Waals surface area contributed by atoms with Crippen molar-refractivity contribution in [2.24, 2.45) is 0 Å². The summed E-state index contributed by atoms with van der Waals surface area (Å²) in [6.07, 6.45) is 2.05. The van der Waals surface area contributed by atoms with Crippen molar-refractivity contribution in [3.05, 3.63) is 66.0 Å². The van der Waals surface area contributed by atoms with Crippen LogP contribution in [0.25, 0.3) is 11.4 Å². The summed E-state index contributed by atoms with van der Waals surface area (Å²) in [5, 5.41) is 9.90. The maximum atomic E-state index is 13.9. The van der Waals surface area contributed by atoms with Crippen molar-refractivity contribution < 1.29 is 9.18 Å². The van der Waals surface area contributed by atoms with Gasteiger partial charge in [0.2, 0.25) is 11.1 Å². The Bertz CT molecular complexity index is 911. The number of rotatable bonds is 6. The van der Waals surface area contributed by atoms with E-state index in [0.29, 0.717) is 16.5 Å². The first kappa shape index (κ1) is 16.8. The van der Waals surface area contributed by atoms with Crippen LogP contribution < -0.4 is 5.32 Å². The first-order valence-electron chi connectivity index (χ1n) is 8.40. The van der Waals surface area contributed by atoms with Crippen LogP contribution in [0.1, 0.15) is 23.7 Å². The summed E-state index contributed by atoms with van der Waals surface area (Å²) in [4.78, 5) is 17.0. The van der Waals surface area contributed by atoms with Crippen molar-refractivity contribution >= 4 is 17.7 Å². The quantitative estimate of drug-likeness (QED) is 0.651. The summed E-state index contributed by atoms with van der Waals surface area (Å²) >= 11 is 1.25. The average Bonchev–Trinajstić information content (AvgIpc) is 3.35. The molecule has 5 nitrogen and oxygen atoms in total. The molecule has 1 fully saturated rings. The van der Waals surface area contributed by atoms with Crippen LogP contribution in [0.15, 0.2) is 59.8 Å². The molecule has 132 valence electrons. The molecule has 0 bridgehead atoms. The maximum Gasteiger partial charge on any atom is 0.238 e. The van der Waals surface area contributed by atoms with E-state index in [4.69, 9.17) is 0 Å². The fourth-order valence-corrected chi connectivity index (χ4v) is 3.50. The zero-order valence-electron chi connectivity index (χ0n) is 13.9. The van der Waals surface area contributed by atoms with Crippen molar-refractivity contribution in [1.82, 2.24) is 20.5 Å². The smallest absolute Gasteiger partial charge is 0.238 e. The van der Waals surface area contributed by atoms with Crippen molar-refractivity contribution in [2.75, 3.05) is 0 Å². The van der Waals surface area contributed by atoms with Gasteiger partial charge >= 0.3 is 0 Å². The van der Waals surface area contributed by atoms with Crippen molar-refractivity contribution in [3.63, 3.8) is 0 Å². The van der Waals surface area contributed by atoms with Gasteiger partial charge in [-0.25, -0.2) is 9.37 Å². The number of aromatic amines is 1. The molecule has 0 saturated heterocycles. The second-order valence-electron chi connectivity index (χ2n) is 6.14. The second kappa shape index (κ2) is 7.29. The number of carbonyl (C=O) groups excluding carboxylic acids is 1. The lowest BCUT2D eigenvalue weighted by atomic mass is 10.1. The van der Waals surface area contributed by atoms with E-state index in [1.807, 2.05) is 30.3 Å². The lowest BCUT2D eigenvalue weighted by Crippen LogP contribution is -2.29. The Kier molecular flexibility index (Phi) is 4.71. The molecule has 1 saturated carbocycles. The molecule has 4 rings (SSSR count). The van der Waals surface area contributed by atoms with Crippen LogP contribution in [0.5, 0.6) is 0 Å². The number of hydrogen-bond donors (Lipinski definition) is 2. The molecule has 1 atom stereocenters. The third-order valence-corrected chi connectivity index (χ3v) is 5.20. The first-order chi connectivity index (χ1) is 12.7. The zero-order chi connectivity index (χ0) is 17.9. The lowest BCUT2D eigenvalue weighted by molar-refractivity contribution is -0.120. The Balaban J connectivity index is 1.58. The fourth-order valence-electron chi connectivity index (χ4n) is 2.58. The van der Waals surface area contributed by atoms with Crippen LogP contribution in [-0.4, -0.2) is 27.1 Å². The lowest BCUT2D eigenvalue weighted by Gasteiger charge is -2.15. The summed E-state index contributed by atoms with van der Waals surface area (Å²) < 4.78 is 13.9. The predicted molar refractivity (Wildman–Crippen MR) is 98.0 cm³/mol. The molecule has 0 spiro atoms. The van der Waals surface area contributed by atoms with Gasteiger partial charge in [-0.05, 0) is 30.5 Å². The highest BCUT2D eigenvalue weighted by Gasteiger charge is 2.30. The van der Waals surface area contributed by atoms with Crippen LogP contribution in [0.3, 0.4) is 0 Å². The third-order valence-electron chi connectivity index (χ3n) is 4.08. The van der Waals surface area contributed by atoms with Gasteiger partial charge in [-0.1, -0.05) is 54.2 Å². The Morgan fingerprint density at radius 1 is 1.15 bits per heavy atom. The summed E-state index contributed by atoms with van der Waals surface area (Å²) in [6, 6.07) is 16.2. The van der Waals surface area contributed by atoms with E-state index in [0.717, 1.165) is 18.4 Å². The number of aromatic nitrogens is 3. The van der Waals surface area contributed by atoms with Gasteiger partial charge in [-0.3, -0.25) is 9.89 Å². The molecule has 0 unspecified atom stereocenters. The number of carbonyl (C=O) groups is 1. The third kappa shape index (κ3) is 3.77. The molecule has 7 heteroatoms. The van der Waals surface area contributed by atoms with Gasteiger partial charge in [0.1, 0.15) is 11.1 Å². The molecule has 3 aromatic rings. The highest BCUT2D eigenvalue weighted by atomic mass is 32.2. The molecular formula is C19H17FN4OS. The van der Waals surface area contributed by atoms with Crippen molar-refractivity contribution in [1.29, 1.82) is 0 Å². The monoisotopic (exact) mass is 368 g/mol. The van der Waals surface area contributed by atoms with E-state index in [1.54, 1.807) is 18.2 Å². The van der Waals surface area contributed by atoms with E-state index < -0.39 is 5.25 Å². The standard InChI is InChI=1S/C19H17FN4OS/c20-15-9-5-4-8-14(15)17-22-19(24-23-17)26-16(12-6-2-1-3-7-12)18(25)21-13-10-11-13/h1-9,13,16H,10-11H2,(H,21,25)(H,22,23,24)/t16-/m0/s1. The molecule has 0 radical (unpaired) electrons. The molecule has 1 aliphatic rings. The molecule has 1 heterocycles. The number of amides is 1. The predicted octanol–water partition coefficient (Wildman–Crippen LogP) is 3.72.